The molecule has 1 rings (SSSR count). The average molecular weight is 249 g/mol. The monoisotopic (exact) mass is 249 g/mol. The molecular weight excluding hydrogens is 234 g/mol. The second-order valence-corrected chi connectivity index (χ2v) is 3.64. The van der Waals surface area contributed by atoms with Gasteiger partial charge >= 0.3 is 11.9 Å². The molecule has 0 saturated carbocycles. The van der Waals surface area contributed by atoms with Gasteiger partial charge in [-0.2, -0.15) is 0 Å². The Kier molecular flexibility index (Phi) is 5.05. The van der Waals surface area contributed by atoms with Gasteiger partial charge in [-0.15, -0.1) is 0 Å². The first-order valence-corrected chi connectivity index (χ1v) is 5.36. The van der Waals surface area contributed by atoms with Crippen LogP contribution in [0.2, 0.25) is 0 Å². The lowest BCUT2D eigenvalue weighted by atomic mass is 10.2. The van der Waals surface area contributed by atoms with Crippen LogP contribution in [0.5, 0.6) is 0 Å². The highest BCUT2D eigenvalue weighted by Gasteiger charge is 2.16. The van der Waals surface area contributed by atoms with Crippen molar-refractivity contribution in [2.24, 2.45) is 4.99 Å². The van der Waals surface area contributed by atoms with Crippen LogP contribution in [-0.4, -0.2) is 31.9 Å². The lowest BCUT2D eigenvalue weighted by Gasteiger charge is -2.04. The zero-order chi connectivity index (χ0) is 13.5. The molecule has 0 N–H and O–H groups in total. The number of aliphatic imine (C=N–C) groups is 1. The van der Waals surface area contributed by atoms with Crippen LogP contribution in [0.1, 0.15) is 12.0 Å². The van der Waals surface area contributed by atoms with Crippen LogP contribution in [0.25, 0.3) is 0 Å². The molecule has 0 aliphatic rings. The summed E-state index contributed by atoms with van der Waals surface area (Å²) in [6.45, 7) is 1.91. The van der Waals surface area contributed by atoms with Crippen LogP contribution in [0.3, 0.4) is 0 Å². The Hall–Kier alpha value is -2.17. The summed E-state index contributed by atoms with van der Waals surface area (Å²) in [7, 11) is 2.50. The zero-order valence-corrected chi connectivity index (χ0v) is 10.6. The fourth-order valence-corrected chi connectivity index (χ4v) is 1.34. The Morgan fingerprint density at radius 3 is 2.50 bits per heavy atom. The molecular formula is C13H15NO4. The molecule has 0 aliphatic heterocycles. The smallest absolute Gasteiger partial charge is 0.353 e. The van der Waals surface area contributed by atoms with Gasteiger partial charge in [-0.05, 0) is 24.6 Å². The Morgan fingerprint density at radius 1 is 1.22 bits per heavy atom. The van der Waals surface area contributed by atoms with Crippen molar-refractivity contribution >= 4 is 23.3 Å². The molecule has 0 atom stereocenters. The zero-order valence-electron chi connectivity index (χ0n) is 10.6. The van der Waals surface area contributed by atoms with Crippen LogP contribution in [0.15, 0.2) is 29.3 Å². The van der Waals surface area contributed by atoms with Crippen molar-refractivity contribution in [3.8, 4) is 0 Å². The molecule has 96 valence electrons. The third kappa shape index (κ3) is 4.01. The first-order chi connectivity index (χ1) is 8.56. The highest BCUT2D eigenvalue weighted by atomic mass is 16.5. The minimum absolute atomic E-state index is 0.0231. The fraction of sp³-hybridized carbons (Fsp3) is 0.308. The molecule has 1 aromatic carbocycles. The second kappa shape index (κ2) is 6.54. The number of esters is 2. The van der Waals surface area contributed by atoms with Gasteiger partial charge in [-0.1, -0.05) is 12.1 Å². The molecule has 0 bridgehead atoms. The van der Waals surface area contributed by atoms with Gasteiger partial charge < -0.3 is 9.47 Å². The van der Waals surface area contributed by atoms with E-state index in [-0.39, 0.29) is 12.1 Å². The van der Waals surface area contributed by atoms with Gasteiger partial charge in [0.25, 0.3) is 0 Å². The molecule has 1 aromatic rings. The lowest BCUT2D eigenvalue weighted by Crippen LogP contribution is -2.20. The number of aryl methyl sites for hydroxylation is 1. The van der Waals surface area contributed by atoms with Gasteiger partial charge in [0.15, 0.2) is 0 Å². The van der Waals surface area contributed by atoms with Crippen molar-refractivity contribution in [2.75, 3.05) is 14.2 Å². The van der Waals surface area contributed by atoms with Crippen molar-refractivity contribution in [2.45, 2.75) is 13.3 Å². The standard InChI is InChI=1S/C13H15NO4/c1-9-5-4-6-10(7-9)14-11(13(16)18-3)8-12(15)17-2/h4-7H,8H2,1-3H3. The van der Waals surface area contributed by atoms with Crippen molar-refractivity contribution in [3.63, 3.8) is 0 Å². The summed E-state index contributed by atoms with van der Waals surface area (Å²) < 4.78 is 9.09. The van der Waals surface area contributed by atoms with Crippen LogP contribution >= 0.6 is 0 Å². The van der Waals surface area contributed by atoms with Crippen LogP contribution in [0.4, 0.5) is 5.69 Å². The Morgan fingerprint density at radius 2 is 1.94 bits per heavy atom. The SMILES string of the molecule is COC(=O)CC(=Nc1cccc(C)c1)C(=O)OC. The molecule has 0 amide bonds. The largest absolute Gasteiger partial charge is 0.469 e. The van der Waals surface area contributed by atoms with Gasteiger partial charge in [0.2, 0.25) is 0 Å². The van der Waals surface area contributed by atoms with E-state index in [1.54, 1.807) is 12.1 Å². The van der Waals surface area contributed by atoms with Crippen molar-refractivity contribution in [1.29, 1.82) is 0 Å². The van der Waals surface area contributed by atoms with Crippen LogP contribution in [-0.2, 0) is 19.1 Å². The minimum Gasteiger partial charge on any atom is -0.469 e. The Balaban J connectivity index is 3.02. The number of carbonyl (C=O) groups is 2. The first kappa shape index (κ1) is 13.9. The van der Waals surface area contributed by atoms with E-state index in [1.807, 2.05) is 19.1 Å². The molecule has 0 radical (unpaired) electrons. The normalized spacial score (nSPS) is 10.9. The van der Waals surface area contributed by atoms with Crippen molar-refractivity contribution in [1.82, 2.24) is 0 Å². The van der Waals surface area contributed by atoms with E-state index in [1.165, 1.54) is 14.2 Å². The van der Waals surface area contributed by atoms with Crippen LogP contribution < -0.4 is 0 Å². The molecule has 0 saturated heterocycles. The number of hydrogen-bond acceptors (Lipinski definition) is 5. The fourth-order valence-electron chi connectivity index (χ4n) is 1.34. The highest BCUT2D eigenvalue weighted by molar-refractivity contribution is 6.39. The van der Waals surface area contributed by atoms with E-state index in [9.17, 15) is 9.59 Å². The molecule has 0 unspecified atom stereocenters. The predicted molar refractivity (Wildman–Crippen MR) is 66.9 cm³/mol. The van der Waals surface area contributed by atoms with E-state index < -0.39 is 11.9 Å². The third-order valence-electron chi connectivity index (χ3n) is 2.23. The first-order valence-electron chi connectivity index (χ1n) is 5.36. The number of hydrogen-bond donors (Lipinski definition) is 0. The molecule has 0 aliphatic carbocycles. The van der Waals surface area contributed by atoms with Crippen LogP contribution in [0, 0.1) is 6.92 Å². The van der Waals surface area contributed by atoms with Gasteiger partial charge in [-0.3, -0.25) is 4.79 Å². The average Bonchev–Trinajstić information content (AvgIpc) is 2.36. The van der Waals surface area contributed by atoms with E-state index in [0.29, 0.717) is 5.69 Å². The minimum atomic E-state index is -0.637. The molecule has 5 nitrogen and oxygen atoms in total. The van der Waals surface area contributed by atoms with Crippen molar-refractivity contribution in [3.05, 3.63) is 29.8 Å². The lowest BCUT2D eigenvalue weighted by molar-refractivity contribution is -0.140. The Bertz CT molecular complexity index is 480. The summed E-state index contributed by atoms with van der Waals surface area (Å²) in [4.78, 5) is 26.8. The topological polar surface area (TPSA) is 65.0 Å². The number of nitrogens with zero attached hydrogens (tertiary/aromatic N) is 1. The quantitative estimate of drug-likeness (QED) is 0.603. The summed E-state index contributed by atoms with van der Waals surface area (Å²) in [5.74, 6) is -1.17. The molecule has 0 aromatic heterocycles. The maximum absolute atomic E-state index is 11.5. The molecule has 18 heavy (non-hydrogen) atoms. The summed E-state index contributed by atoms with van der Waals surface area (Å²) in [5.41, 5.74) is 1.63. The van der Waals surface area contributed by atoms with E-state index in [4.69, 9.17) is 0 Å². The molecule has 0 spiro atoms. The summed E-state index contributed by atoms with van der Waals surface area (Å²) in [5, 5.41) is 0. The predicted octanol–water partition coefficient (Wildman–Crippen LogP) is 1.80. The second-order valence-electron chi connectivity index (χ2n) is 3.64. The number of carbonyl (C=O) groups excluding carboxylic acids is 2. The Labute approximate surface area is 105 Å². The van der Waals surface area contributed by atoms with Gasteiger partial charge in [-0.25, -0.2) is 9.79 Å². The summed E-state index contributed by atoms with van der Waals surface area (Å²) >= 11 is 0. The van der Waals surface area contributed by atoms with Gasteiger partial charge in [0.05, 0.1) is 26.3 Å². The third-order valence-corrected chi connectivity index (χ3v) is 2.23. The highest BCUT2D eigenvalue weighted by Crippen LogP contribution is 2.14. The number of methoxy groups -OCH3 is 2. The summed E-state index contributed by atoms with van der Waals surface area (Å²) in [6.07, 6.45) is -0.211. The molecule has 5 heteroatoms. The van der Waals surface area contributed by atoms with Gasteiger partial charge in [0.1, 0.15) is 5.71 Å². The molecule has 0 fully saturated rings. The molecule has 0 heterocycles. The summed E-state index contributed by atoms with van der Waals surface area (Å²) in [6, 6.07) is 7.28. The maximum Gasteiger partial charge on any atom is 0.353 e. The van der Waals surface area contributed by atoms with Gasteiger partial charge in [0, 0.05) is 0 Å². The maximum atomic E-state index is 11.5. The number of ether oxygens (including phenoxy) is 2. The van der Waals surface area contributed by atoms with E-state index in [2.05, 4.69) is 14.5 Å². The van der Waals surface area contributed by atoms with E-state index >= 15 is 0 Å². The van der Waals surface area contributed by atoms with Crippen molar-refractivity contribution < 1.29 is 19.1 Å². The van der Waals surface area contributed by atoms with E-state index in [0.717, 1.165) is 5.56 Å². The number of rotatable bonds is 4. The number of benzene rings is 1.